The quantitative estimate of drug-likeness (QED) is 0.234. The Labute approximate surface area is 183 Å². The van der Waals surface area contributed by atoms with Gasteiger partial charge in [-0.05, 0) is 37.3 Å². The molecule has 0 fully saturated rings. The Morgan fingerprint density at radius 3 is 2.75 bits per heavy atom. The van der Waals surface area contributed by atoms with Crippen molar-refractivity contribution in [2.24, 2.45) is 0 Å². The highest BCUT2D eigenvalue weighted by Gasteiger charge is 2.17. The van der Waals surface area contributed by atoms with E-state index in [1.54, 1.807) is 36.4 Å². The Balaban J connectivity index is 1.85. The molecule has 0 atom stereocenters. The number of nitro benzene ring substituents is 1. The number of methoxy groups -OCH3 is 1. The maximum atomic E-state index is 12.5. The fraction of sp³-hybridized carbons (Fsp3) is 0.130. The molecule has 0 radical (unpaired) electrons. The van der Waals surface area contributed by atoms with Gasteiger partial charge >= 0.3 is 0 Å². The normalized spacial score (nSPS) is 10.8. The third-order valence-electron chi connectivity index (χ3n) is 4.34. The lowest BCUT2D eigenvalue weighted by molar-refractivity contribution is -0.384. The van der Waals surface area contributed by atoms with E-state index in [2.05, 4.69) is 5.32 Å². The average Bonchev–Trinajstić information content (AvgIpc) is 3.25. The van der Waals surface area contributed by atoms with Crippen LogP contribution in [0.1, 0.15) is 12.7 Å². The van der Waals surface area contributed by atoms with Crippen molar-refractivity contribution < 1.29 is 23.6 Å². The van der Waals surface area contributed by atoms with Crippen molar-refractivity contribution >= 4 is 23.4 Å². The monoisotopic (exact) mass is 433 g/mol. The van der Waals surface area contributed by atoms with Crippen LogP contribution in [0.3, 0.4) is 0 Å². The number of carbonyl (C=O) groups is 1. The predicted octanol–water partition coefficient (Wildman–Crippen LogP) is 4.81. The van der Waals surface area contributed by atoms with Crippen LogP contribution in [0.2, 0.25) is 0 Å². The van der Waals surface area contributed by atoms with Crippen LogP contribution in [0.5, 0.6) is 11.5 Å². The van der Waals surface area contributed by atoms with Gasteiger partial charge in [0.15, 0.2) is 0 Å². The van der Waals surface area contributed by atoms with Gasteiger partial charge in [0.05, 0.1) is 24.2 Å². The molecule has 1 N–H and O–H groups in total. The highest BCUT2D eigenvalue weighted by Crippen LogP contribution is 2.34. The molecule has 9 nitrogen and oxygen atoms in total. The summed E-state index contributed by atoms with van der Waals surface area (Å²) in [6.07, 6.45) is 1.29. The summed E-state index contributed by atoms with van der Waals surface area (Å²) in [7, 11) is 1.44. The molecule has 1 amide bonds. The predicted molar refractivity (Wildman–Crippen MR) is 117 cm³/mol. The Morgan fingerprint density at radius 1 is 1.25 bits per heavy atom. The van der Waals surface area contributed by atoms with E-state index in [-0.39, 0.29) is 17.0 Å². The molecule has 162 valence electrons. The first-order valence-corrected chi connectivity index (χ1v) is 9.53. The number of hydrogen-bond donors (Lipinski definition) is 1. The number of ether oxygens (including phenoxy) is 2. The molecule has 0 aliphatic rings. The SMILES string of the molecule is CCOc1cccc(NC(=O)/C(C#N)=C\c2ccc(-c3cc([N+](=O)[O-])ccc3OC)o2)c1. The van der Waals surface area contributed by atoms with Crippen molar-refractivity contribution in [3.05, 3.63) is 76.0 Å². The van der Waals surface area contributed by atoms with Crippen LogP contribution in [-0.4, -0.2) is 24.5 Å². The van der Waals surface area contributed by atoms with Crippen LogP contribution in [0.4, 0.5) is 11.4 Å². The van der Waals surface area contributed by atoms with Crippen LogP contribution in [0.15, 0.2) is 64.6 Å². The van der Waals surface area contributed by atoms with Gasteiger partial charge in [0, 0.05) is 30.0 Å². The molecule has 9 heteroatoms. The lowest BCUT2D eigenvalue weighted by Crippen LogP contribution is -2.13. The number of nitriles is 1. The van der Waals surface area contributed by atoms with Crippen molar-refractivity contribution in [3.63, 3.8) is 0 Å². The summed E-state index contributed by atoms with van der Waals surface area (Å²) in [5.74, 6) is 0.872. The molecule has 0 saturated carbocycles. The summed E-state index contributed by atoms with van der Waals surface area (Å²) in [6, 6.07) is 15.9. The molecule has 32 heavy (non-hydrogen) atoms. The highest BCUT2D eigenvalue weighted by molar-refractivity contribution is 6.09. The van der Waals surface area contributed by atoms with Crippen LogP contribution in [-0.2, 0) is 4.79 Å². The summed E-state index contributed by atoms with van der Waals surface area (Å²) in [6.45, 7) is 2.33. The number of nitro groups is 1. The van der Waals surface area contributed by atoms with Gasteiger partial charge in [-0.1, -0.05) is 6.07 Å². The fourth-order valence-corrected chi connectivity index (χ4v) is 2.90. The molecule has 0 saturated heterocycles. The molecule has 0 spiro atoms. The second-order valence-electron chi connectivity index (χ2n) is 6.43. The van der Waals surface area contributed by atoms with Gasteiger partial charge in [0.1, 0.15) is 34.7 Å². The molecule has 1 aromatic heterocycles. The largest absolute Gasteiger partial charge is 0.496 e. The number of carbonyl (C=O) groups excluding carboxylic acids is 1. The fourth-order valence-electron chi connectivity index (χ4n) is 2.90. The first kappa shape index (κ1) is 22.1. The summed E-state index contributed by atoms with van der Waals surface area (Å²) in [5, 5.41) is 23.2. The van der Waals surface area contributed by atoms with Gasteiger partial charge < -0.3 is 19.2 Å². The third kappa shape index (κ3) is 5.12. The Bertz CT molecular complexity index is 1220. The second-order valence-corrected chi connectivity index (χ2v) is 6.43. The number of benzene rings is 2. The zero-order valence-electron chi connectivity index (χ0n) is 17.3. The number of hydrogen-bond acceptors (Lipinski definition) is 7. The van der Waals surface area contributed by atoms with E-state index in [0.717, 1.165) is 0 Å². The van der Waals surface area contributed by atoms with Gasteiger partial charge in [-0.3, -0.25) is 14.9 Å². The van der Waals surface area contributed by atoms with E-state index in [4.69, 9.17) is 13.9 Å². The first-order valence-electron chi connectivity index (χ1n) is 9.53. The number of rotatable bonds is 8. The third-order valence-corrected chi connectivity index (χ3v) is 4.34. The topological polar surface area (TPSA) is 128 Å². The van der Waals surface area contributed by atoms with Gasteiger partial charge in [-0.15, -0.1) is 0 Å². The van der Waals surface area contributed by atoms with Crippen LogP contribution in [0, 0.1) is 21.4 Å². The van der Waals surface area contributed by atoms with Crippen molar-refractivity contribution in [1.29, 1.82) is 5.26 Å². The molecule has 0 aliphatic heterocycles. The number of furan rings is 1. The Morgan fingerprint density at radius 2 is 2.06 bits per heavy atom. The van der Waals surface area contributed by atoms with E-state index in [1.165, 1.54) is 31.4 Å². The molecular weight excluding hydrogens is 414 g/mol. The Kier molecular flexibility index (Phi) is 6.88. The van der Waals surface area contributed by atoms with Gasteiger partial charge in [0.25, 0.3) is 11.6 Å². The molecule has 0 bridgehead atoms. The highest BCUT2D eigenvalue weighted by atomic mass is 16.6. The molecular formula is C23H19N3O6. The van der Waals surface area contributed by atoms with E-state index >= 15 is 0 Å². The number of nitrogens with zero attached hydrogens (tertiary/aromatic N) is 2. The van der Waals surface area contributed by atoms with E-state index in [1.807, 2.05) is 13.0 Å². The standard InChI is InChI=1S/C23H19N3O6/c1-3-31-18-6-4-5-16(12-18)25-23(27)15(14-24)11-19-8-10-22(32-19)20-13-17(26(28)29)7-9-21(20)30-2/h4-13H,3H2,1-2H3,(H,25,27)/b15-11-. The molecule has 2 aromatic carbocycles. The lowest BCUT2D eigenvalue weighted by atomic mass is 10.1. The molecule has 1 heterocycles. The number of amides is 1. The summed E-state index contributed by atoms with van der Waals surface area (Å²) >= 11 is 0. The van der Waals surface area contributed by atoms with Crippen molar-refractivity contribution in [2.75, 3.05) is 19.0 Å². The molecule has 0 aliphatic carbocycles. The van der Waals surface area contributed by atoms with Crippen molar-refractivity contribution in [3.8, 4) is 28.9 Å². The Hall–Kier alpha value is -4.58. The zero-order valence-corrected chi connectivity index (χ0v) is 17.3. The van der Waals surface area contributed by atoms with E-state index in [9.17, 15) is 20.2 Å². The molecule has 3 aromatic rings. The van der Waals surface area contributed by atoms with Crippen LogP contribution < -0.4 is 14.8 Å². The first-order chi connectivity index (χ1) is 15.4. The lowest BCUT2D eigenvalue weighted by Gasteiger charge is -2.07. The molecule has 0 unspecified atom stereocenters. The van der Waals surface area contributed by atoms with Crippen LogP contribution in [0.25, 0.3) is 17.4 Å². The van der Waals surface area contributed by atoms with E-state index < -0.39 is 10.8 Å². The summed E-state index contributed by atoms with van der Waals surface area (Å²) < 4.78 is 16.4. The maximum absolute atomic E-state index is 12.5. The minimum atomic E-state index is -0.618. The smallest absolute Gasteiger partial charge is 0.270 e. The van der Waals surface area contributed by atoms with Crippen LogP contribution >= 0.6 is 0 Å². The minimum Gasteiger partial charge on any atom is -0.496 e. The average molecular weight is 433 g/mol. The number of anilines is 1. The second kappa shape index (κ2) is 9.95. The summed E-state index contributed by atoms with van der Waals surface area (Å²) in [5.41, 5.74) is 0.542. The zero-order chi connectivity index (χ0) is 23.1. The number of non-ortho nitro benzene ring substituents is 1. The van der Waals surface area contributed by atoms with Gasteiger partial charge in [-0.25, -0.2) is 0 Å². The van der Waals surface area contributed by atoms with Crippen molar-refractivity contribution in [2.45, 2.75) is 6.92 Å². The van der Waals surface area contributed by atoms with Gasteiger partial charge in [0.2, 0.25) is 0 Å². The number of nitrogens with one attached hydrogen (secondary N) is 1. The van der Waals surface area contributed by atoms with E-state index in [0.29, 0.717) is 35.1 Å². The van der Waals surface area contributed by atoms with Gasteiger partial charge in [-0.2, -0.15) is 5.26 Å². The summed E-state index contributed by atoms with van der Waals surface area (Å²) in [4.78, 5) is 23.1. The minimum absolute atomic E-state index is 0.124. The maximum Gasteiger partial charge on any atom is 0.270 e. The van der Waals surface area contributed by atoms with Crippen molar-refractivity contribution in [1.82, 2.24) is 0 Å². The molecule has 3 rings (SSSR count).